The van der Waals surface area contributed by atoms with Crippen LogP contribution in [0.4, 0.5) is 0 Å². The van der Waals surface area contributed by atoms with Crippen LogP contribution in [0.3, 0.4) is 0 Å². The van der Waals surface area contributed by atoms with E-state index in [4.69, 9.17) is 0 Å². The van der Waals surface area contributed by atoms with Crippen LogP contribution in [0, 0.1) is 20.8 Å². The van der Waals surface area contributed by atoms with Crippen molar-refractivity contribution in [3.05, 3.63) is 74.6 Å². The highest BCUT2D eigenvalue weighted by Gasteiger charge is 2.28. The summed E-state index contributed by atoms with van der Waals surface area (Å²) >= 11 is 0. The fraction of sp³-hybridized carbons (Fsp3) is 0.348. The van der Waals surface area contributed by atoms with Gasteiger partial charge in [0.25, 0.3) is 5.56 Å². The average Bonchev–Trinajstić information content (AvgIpc) is 2.66. The van der Waals surface area contributed by atoms with E-state index in [9.17, 15) is 18.3 Å². The van der Waals surface area contributed by atoms with Gasteiger partial charge >= 0.3 is 0 Å². The molecule has 0 bridgehead atoms. The number of aromatic nitrogens is 1. The first-order valence-corrected chi connectivity index (χ1v) is 11.4. The molecule has 2 N–H and O–H groups in total. The Bertz CT molecular complexity index is 1220. The van der Waals surface area contributed by atoms with Gasteiger partial charge < -0.3 is 10.1 Å². The summed E-state index contributed by atoms with van der Waals surface area (Å²) in [5.41, 5.74) is 4.13. The largest absolute Gasteiger partial charge is 0.395 e. The Morgan fingerprint density at radius 1 is 1.03 bits per heavy atom. The van der Waals surface area contributed by atoms with Gasteiger partial charge in [0, 0.05) is 24.2 Å². The number of fused-ring (bicyclic) bond motifs is 1. The van der Waals surface area contributed by atoms with Gasteiger partial charge in [0.15, 0.2) is 0 Å². The monoisotopic (exact) mass is 428 g/mol. The molecule has 0 aliphatic rings. The van der Waals surface area contributed by atoms with Gasteiger partial charge in [-0.25, -0.2) is 8.42 Å². The molecule has 0 spiro atoms. The van der Waals surface area contributed by atoms with Crippen molar-refractivity contribution in [3.63, 3.8) is 0 Å². The van der Waals surface area contributed by atoms with E-state index >= 15 is 0 Å². The molecule has 7 heteroatoms. The number of aryl methyl sites for hydroxylation is 4. The summed E-state index contributed by atoms with van der Waals surface area (Å²) in [4.78, 5) is 15.7. The predicted molar refractivity (Wildman–Crippen MR) is 119 cm³/mol. The Kier molecular flexibility index (Phi) is 6.45. The number of nitrogens with one attached hydrogen (secondary N) is 1. The molecule has 0 fully saturated rings. The molecule has 0 saturated heterocycles. The third-order valence-electron chi connectivity index (χ3n) is 5.29. The molecule has 0 radical (unpaired) electrons. The maximum absolute atomic E-state index is 13.5. The molecule has 1 aromatic heterocycles. The first-order valence-electron chi connectivity index (χ1n) is 10.0. The number of aliphatic hydroxyl groups excluding tert-OH is 1. The van der Waals surface area contributed by atoms with Gasteiger partial charge in [-0.2, -0.15) is 4.31 Å². The zero-order valence-corrected chi connectivity index (χ0v) is 18.6. The lowest BCUT2D eigenvalue weighted by Gasteiger charge is -2.23. The predicted octanol–water partition coefficient (Wildman–Crippen LogP) is 3.20. The van der Waals surface area contributed by atoms with Crippen molar-refractivity contribution >= 4 is 20.9 Å². The number of nitrogens with zero attached hydrogens (tertiary/aromatic N) is 1. The van der Waals surface area contributed by atoms with Crippen molar-refractivity contribution in [1.29, 1.82) is 0 Å². The van der Waals surface area contributed by atoms with Gasteiger partial charge in [-0.3, -0.25) is 4.79 Å². The van der Waals surface area contributed by atoms with E-state index < -0.39 is 10.0 Å². The van der Waals surface area contributed by atoms with Crippen molar-refractivity contribution < 1.29 is 13.5 Å². The topological polar surface area (TPSA) is 90.5 Å². The van der Waals surface area contributed by atoms with Crippen LogP contribution in [0.5, 0.6) is 0 Å². The molecule has 6 nitrogen and oxygen atoms in total. The second-order valence-electron chi connectivity index (χ2n) is 7.69. The summed E-state index contributed by atoms with van der Waals surface area (Å²) in [5.74, 6) is 0. The Morgan fingerprint density at radius 3 is 2.30 bits per heavy atom. The standard InChI is InChI=1S/C23H28N2O4S/c1-5-18-6-7-21-19(12-18)13-20(23(27)24-21)14-25(8-9-26)30(28,29)22-16(3)10-15(2)11-17(22)4/h6-7,10-13,26H,5,8-9,14H2,1-4H3,(H,24,27). The number of hydrogen-bond acceptors (Lipinski definition) is 4. The number of aromatic amines is 1. The molecule has 0 atom stereocenters. The lowest BCUT2D eigenvalue weighted by atomic mass is 10.1. The lowest BCUT2D eigenvalue weighted by molar-refractivity contribution is 0.250. The number of aliphatic hydroxyl groups is 1. The van der Waals surface area contributed by atoms with Crippen LogP contribution >= 0.6 is 0 Å². The summed E-state index contributed by atoms with van der Waals surface area (Å²) in [5, 5.41) is 10.4. The van der Waals surface area contributed by atoms with Crippen molar-refractivity contribution in [2.45, 2.75) is 45.6 Å². The number of H-pyrrole nitrogens is 1. The molecule has 3 aromatic rings. The van der Waals surface area contributed by atoms with E-state index in [0.717, 1.165) is 22.9 Å². The van der Waals surface area contributed by atoms with Crippen LogP contribution in [0.1, 0.15) is 34.7 Å². The summed E-state index contributed by atoms with van der Waals surface area (Å²) in [7, 11) is -3.90. The molecular weight excluding hydrogens is 400 g/mol. The van der Waals surface area contributed by atoms with Gasteiger partial charge in [-0.1, -0.05) is 30.7 Å². The second kappa shape index (κ2) is 8.71. The van der Waals surface area contributed by atoms with Crippen LogP contribution in [-0.4, -0.2) is 36.0 Å². The molecule has 0 saturated carbocycles. The van der Waals surface area contributed by atoms with E-state index in [1.54, 1.807) is 19.9 Å². The smallest absolute Gasteiger partial charge is 0.252 e. The van der Waals surface area contributed by atoms with Crippen molar-refractivity contribution in [3.8, 4) is 0 Å². The third kappa shape index (κ3) is 4.33. The van der Waals surface area contributed by atoms with Crippen LogP contribution in [0.2, 0.25) is 0 Å². The average molecular weight is 429 g/mol. The molecule has 1 heterocycles. The van der Waals surface area contributed by atoms with Crippen LogP contribution < -0.4 is 5.56 Å². The maximum atomic E-state index is 13.5. The van der Waals surface area contributed by atoms with E-state index in [2.05, 4.69) is 11.9 Å². The van der Waals surface area contributed by atoms with Gasteiger partial charge in [0.05, 0.1) is 11.5 Å². The van der Waals surface area contributed by atoms with Crippen LogP contribution in [0.15, 0.2) is 46.1 Å². The van der Waals surface area contributed by atoms with E-state index in [-0.39, 0.29) is 30.2 Å². The number of rotatable bonds is 7. The number of sulfonamides is 1. The Hall–Kier alpha value is -2.48. The van der Waals surface area contributed by atoms with Crippen molar-refractivity contribution in [1.82, 2.24) is 9.29 Å². The minimum absolute atomic E-state index is 0.0957. The Balaban J connectivity index is 2.08. The second-order valence-corrected chi connectivity index (χ2v) is 9.56. The number of benzene rings is 2. The molecule has 0 aliphatic carbocycles. The minimum atomic E-state index is -3.90. The molecule has 160 valence electrons. The fourth-order valence-electron chi connectivity index (χ4n) is 3.93. The molecule has 0 aliphatic heterocycles. The van der Waals surface area contributed by atoms with E-state index in [1.165, 1.54) is 4.31 Å². The minimum Gasteiger partial charge on any atom is -0.395 e. The summed E-state index contributed by atoms with van der Waals surface area (Å²) in [6.45, 7) is 6.95. The normalized spacial score (nSPS) is 12.1. The molecule has 30 heavy (non-hydrogen) atoms. The summed E-state index contributed by atoms with van der Waals surface area (Å²) in [6.07, 6.45) is 0.862. The first kappa shape index (κ1) is 22.2. The lowest BCUT2D eigenvalue weighted by Crippen LogP contribution is -2.35. The maximum Gasteiger partial charge on any atom is 0.252 e. The van der Waals surface area contributed by atoms with Crippen LogP contribution in [-0.2, 0) is 23.0 Å². The Labute approximate surface area is 177 Å². The van der Waals surface area contributed by atoms with Gasteiger partial charge in [0.2, 0.25) is 10.0 Å². The quantitative estimate of drug-likeness (QED) is 0.605. The zero-order chi connectivity index (χ0) is 22.1. The first-order chi connectivity index (χ1) is 14.2. The SMILES string of the molecule is CCc1ccc2[nH]c(=O)c(CN(CCO)S(=O)(=O)c3c(C)cc(C)cc3C)cc2c1. The molecule has 2 aromatic carbocycles. The fourth-order valence-corrected chi connectivity index (χ4v) is 5.75. The summed E-state index contributed by atoms with van der Waals surface area (Å²) in [6, 6.07) is 11.2. The molecular formula is C23H28N2O4S. The number of hydrogen-bond donors (Lipinski definition) is 2. The van der Waals surface area contributed by atoms with Gasteiger partial charge in [-0.15, -0.1) is 0 Å². The third-order valence-corrected chi connectivity index (χ3v) is 7.44. The molecule has 3 rings (SSSR count). The highest BCUT2D eigenvalue weighted by atomic mass is 32.2. The van der Waals surface area contributed by atoms with Gasteiger partial charge in [0.1, 0.15) is 0 Å². The molecule has 0 amide bonds. The highest BCUT2D eigenvalue weighted by Crippen LogP contribution is 2.26. The van der Waals surface area contributed by atoms with Crippen molar-refractivity contribution in [2.75, 3.05) is 13.2 Å². The zero-order valence-electron chi connectivity index (χ0n) is 17.8. The number of pyridine rings is 1. The van der Waals surface area contributed by atoms with Gasteiger partial charge in [-0.05, 0) is 67.5 Å². The highest BCUT2D eigenvalue weighted by molar-refractivity contribution is 7.89. The van der Waals surface area contributed by atoms with E-state index in [1.807, 2.05) is 37.3 Å². The van der Waals surface area contributed by atoms with Crippen molar-refractivity contribution in [2.24, 2.45) is 0 Å². The van der Waals surface area contributed by atoms with Crippen LogP contribution in [0.25, 0.3) is 10.9 Å². The molecule has 0 unspecified atom stereocenters. The van der Waals surface area contributed by atoms with E-state index in [0.29, 0.717) is 22.2 Å². The Morgan fingerprint density at radius 2 is 1.70 bits per heavy atom. The summed E-state index contributed by atoms with van der Waals surface area (Å²) < 4.78 is 28.1.